The Hall–Kier alpha value is -2.86. The number of methoxy groups -OCH3 is 1. The third kappa shape index (κ3) is 4.89. The SMILES string of the molecule is COC(=O)c1cccc(C(=O)NCC(C)N2CCN(c3ccccc3)CC2)c1. The van der Waals surface area contributed by atoms with Gasteiger partial charge in [0.15, 0.2) is 0 Å². The number of hydrogen-bond donors (Lipinski definition) is 1. The minimum absolute atomic E-state index is 0.180. The molecule has 1 amide bonds. The van der Waals surface area contributed by atoms with E-state index in [0.717, 1.165) is 26.2 Å². The monoisotopic (exact) mass is 381 g/mol. The van der Waals surface area contributed by atoms with Gasteiger partial charge in [-0.15, -0.1) is 0 Å². The van der Waals surface area contributed by atoms with Crippen molar-refractivity contribution >= 4 is 17.6 Å². The summed E-state index contributed by atoms with van der Waals surface area (Å²) < 4.78 is 4.71. The molecule has 1 N–H and O–H groups in total. The topological polar surface area (TPSA) is 61.9 Å². The zero-order valence-electron chi connectivity index (χ0n) is 16.4. The normalized spacial score (nSPS) is 15.7. The predicted molar refractivity (Wildman–Crippen MR) is 110 cm³/mol. The molecule has 0 bridgehead atoms. The van der Waals surface area contributed by atoms with E-state index < -0.39 is 5.97 Å². The molecule has 1 unspecified atom stereocenters. The van der Waals surface area contributed by atoms with Crippen LogP contribution in [0.15, 0.2) is 54.6 Å². The highest BCUT2D eigenvalue weighted by atomic mass is 16.5. The molecule has 1 heterocycles. The van der Waals surface area contributed by atoms with E-state index in [1.807, 2.05) is 6.07 Å². The molecule has 1 aliphatic rings. The van der Waals surface area contributed by atoms with Crippen LogP contribution in [0, 0.1) is 0 Å². The molecule has 1 saturated heterocycles. The van der Waals surface area contributed by atoms with Crippen molar-refractivity contribution in [1.82, 2.24) is 10.2 Å². The quantitative estimate of drug-likeness (QED) is 0.779. The number of hydrogen-bond acceptors (Lipinski definition) is 5. The van der Waals surface area contributed by atoms with Crippen molar-refractivity contribution in [3.8, 4) is 0 Å². The lowest BCUT2D eigenvalue weighted by atomic mass is 10.1. The van der Waals surface area contributed by atoms with E-state index in [1.54, 1.807) is 24.3 Å². The van der Waals surface area contributed by atoms with Crippen molar-refractivity contribution in [2.45, 2.75) is 13.0 Å². The van der Waals surface area contributed by atoms with Gasteiger partial charge in [-0.3, -0.25) is 9.69 Å². The van der Waals surface area contributed by atoms with Crippen molar-refractivity contribution in [3.63, 3.8) is 0 Å². The molecular weight excluding hydrogens is 354 g/mol. The summed E-state index contributed by atoms with van der Waals surface area (Å²) >= 11 is 0. The number of anilines is 1. The number of esters is 1. The summed E-state index contributed by atoms with van der Waals surface area (Å²) in [4.78, 5) is 28.8. The molecular formula is C22H27N3O3. The fourth-order valence-corrected chi connectivity index (χ4v) is 3.44. The second kappa shape index (κ2) is 9.37. The van der Waals surface area contributed by atoms with Crippen LogP contribution in [0.5, 0.6) is 0 Å². The molecule has 28 heavy (non-hydrogen) atoms. The Labute approximate surface area is 166 Å². The lowest BCUT2D eigenvalue weighted by Crippen LogP contribution is -2.52. The Bertz CT molecular complexity index is 802. The van der Waals surface area contributed by atoms with Crippen molar-refractivity contribution in [3.05, 3.63) is 65.7 Å². The molecule has 2 aromatic rings. The van der Waals surface area contributed by atoms with Gasteiger partial charge in [0.1, 0.15) is 0 Å². The first-order chi connectivity index (χ1) is 13.6. The number of rotatable bonds is 6. The molecule has 0 radical (unpaired) electrons. The number of benzene rings is 2. The summed E-state index contributed by atoms with van der Waals surface area (Å²) in [6, 6.07) is 17.3. The first-order valence-corrected chi connectivity index (χ1v) is 9.59. The molecule has 0 aromatic heterocycles. The minimum atomic E-state index is -0.445. The molecule has 148 valence electrons. The van der Waals surface area contributed by atoms with Gasteiger partial charge in [-0.05, 0) is 37.3 Å². The fourth-order valence-electron chi connectivity index (χ4n) is 3.44. The number of carbonyl (C=O) groups excluding carboxylic acids is 2. The molecule has 1 aliphatic heterocycles. The molecule has 0 aliphatic carbocycles. The summed E-state index contributed by atoms with van der Waals surface area (Å²) in [5.41, 5.74) is 2.10. The summed E-state index contributed by atoms with van der Waals surface area (Å²) in [6.07, 6.45) is 0. The Morgan fingerprint density at radius 3 is 2.36 bits per heavy atom. The van der Waals surface area contributed by atoms with Gasteiger partial charge in [-0.2, -0.15) is 0 Å². The first-order valence-electron chi connectivity index (χ1n) is 9.59. The van der Waals surface area contributed by atoms with E-state index in [9.17, 15) is 9.59 Å². The highest BCUT2D eigenvalue weighted by molar-refractivity contribution is 5.97. The molecule has 0 saturated carbocycles. The van der Waals surface area contributed by atoms with Gasteiger partial charge in [-0.1, -0.05) is 24.3 Å². The Morgan fingerprint density at radius 2 is 1.68 bits per heavy atom. The van der Waals surface area contributed by atoms with Gasteiger partial charge >= 0.3 is 5.97 Å². The fraction of sp³-hybridized carbons (Fsp3) is 0.364. The van der Waals surface area contributed by atoms with Crippen LogP contribution >= 0.6 is 0 Å². The van der Waals surface area contributed by atoms with Gasteiger partial charge in [0.05, 0.1) is 12.7 Å². The third-order valence-electron chi connectivity index (χ3n) is 5.16. The minimum Gasteiger partial charge on any atom is -0.465 e. The Kier molecular flexibility index (Phi) is 6.66. The lowest BCUT2D eigenvalue weighted by Gasteiger charge is -2.39. The third-order valence-corrected chi connectivity index (χ3v) is 5.16. The largest absolute Gasteiger partial charge is 0.465 e. The highest BCUT2D eigenvalue weighted by Gasteiger charge is 2.21. The van der Waals surface area contributed by atoms with E-state index in [-0.39, 0.29) is 11.9 Å². The van der Waals surface area contributed by atoms with Crippen LogP contribution in [0.2, 0.25) is 0 Å². The molecule has 6 heteroatoms. The molecule has 3 rings (SSSR count). The maximum atomic E-state index is 12.4. The van der Waals surface area contributed by atoms with Crippen LogP contribution < -0.4 is 10.2 Å². The van der Waals surface area contributed by atoms with Crippen molar-refractivity contribution in [2.75, 3.05) is 44.7 Å². The number of carbonyl (C=O) groups is 2. The van der Waals surface area contributed by atoms with Crippen LogP contribution in [0.4, 0.5) is 5.69 Å². The number of piperazine rings is 1. The van der Waals surface area contributed by atoms with Crippen LogP contribution in [0.1, 0.15) is 27.6 Å². The summed E-state index contributed by atoms with van der Waals surface area (Å²) in [7, 11) is 1.33. The first kappa shape index (κ1) is 19.9. The number of nitrogens with one attached hydrogen (secondary N) is 1. The van der Waals surface area contributed by atoms with Crippen LogP contribution in [-0.2, 0) is 4.74 Å². The highest BCUT2D eigenvalue weighted by Crippen LogP contribution is 2.16. The molecule has 1 atom stereocenters. The maximum Gasteiger partial charge on any atom is 0.337 e. The standard InChI is InChI=1S/C22H27N3O3/c1-17(24-11-13-25(14-12-24)20-9-4-3-5-10-20)16-23-21(26)18-7-6-8-19(15-18)22(27)28-2/h3-10,15,17H,11-14,16H2,1-2H3,(H,23,26). The average molecular weight is 381 g/mol. The molecule has 6 nitrogen and oxygen atoms in total. The van der Waals surface area contributed by atoms with E-state index in [0.29, 0.717) is 17.7 Å². The van der Waals surface area contributed by atoms with Crippen LogP contribution in [-0.4, -0.2) is 62.7 Å². The Morgan fingerprint density at radius 1 is 1.00 bits per heavy atom. The second-order valence-electron chi connectivity index (χ2n) is 6.99. The summed E-state index contributed by atoms with van der Waals surface area (Å²) in [6.45, 7) is 6.57. The second-order valence-corrected chi connectivity index (χ2v) is 6.99. The van der Waals surface area contributed by atoms with Gasteiger partial charge in [0, 0.05) is 50.0 Å². The van der Waals surface area contributed by atoms with E-state index >= 15 is 0 Å². The van der Waals surface area contributed by atoms with E-state index in [4.69, 9.17) is 4.74 Å². The number of para-hydroxylation sites is 1. The molecule has 0 spiro atoms. The number of ether oxygens (including phenoxy) is 1. The van der Waals surface area contributed by atoms with Gasteiger partial charge in [0.25, 0.3) is 5.91 Å². The smallest absolute Gasteiger partial charge is 0.337 e. The summed E-state index contributed by atoms with van der Waals surface area (Å²) in [5.74, 6) is -0.625. The van der Waals surface area contributed by atoms with Crippen molar-refractivity contribution in [1.29, 1.82) is 0 Å². The van der Waals surface area contributed by atoms with Crippen LogP contribution in [0.3, 0.4) is 0 Å². The average Bonchev–Trinajstić information content (AvgIpc) is 2.77. The number of amides is 1. The zero-order chi connectivity index (χ0) is 19.9. The van der Waals surface area contributed by atoms with Gasteiger partial charge in [0.2, 0.25) is 0 Å². The molecule has 2 aromatic carbocycles. The van der Waals surface area contributed by atoms with E-state index in [1.165, 1.54) is 12.8 Å². The summed E-state index contributed by atoms with van der Waals surface area (Å²) in [5, 5.41) is 2.98. The van der Waals surface area contributed by atoms with Crippen LogP contribution in [0.25, 0.3) is 0 Å². The Balaban J connectivity index is 1.49. The zero-order valence-corrected chi connectivity index (χ0v) is 16.4. The predicted octanol–water partition coefficient (Wildman–Crippen LogP) is 2.41. The van der Waals surface area contributed by atoms with Gasteiger partial charge in [-0.25, -0.2) is 4.79 Å². The lowest BCUT2D eigenvalue weighted by molar-refractivity contribution is 0.0600. The van der Waals surface area contributed by atoms with Gasteiger partial charge < -0.3 is 15.0 Å². The van der Waals surface area contributed by atoms with E-state index in [2.05, 4.69) is 46.3 Å². The number of nitrogens with zero attached hydrogens (tertiary/aromatic N) is 2. The maximum absolute atomic E-state index is 12.4. The molecule has 1 fully saturated rings. The van der Waals surface area contributed by atoms with Crippen molar-refractivity contribution in [2.24, 2.45) is 0 Å². The van der Waals surface area contributed by atoms with Crippen molar-refractivity contribution < 1.29 is 14.3 Å².